The highest BCUT2D eigenvalue weighted by Gasteiger charge is 2.30. The number of halogens is 3. The van der Waals surface area contributed by atoms with Crippen molar-refractivity contribution in [3.05, 3.63) is 35.4 Å². The molecule has 1 rings (SSSR count). The summed E-state index contributed by atoms with van der Waals surface area (Å²) in [5.74, 6) is 0. The lowest BCUT2D eigenvalue weighted by atomic mass is 10.1. The van der Waals surface area contributed by atoms with Crippen molar-refractivity contribution >= 4 is 6.03 Å². The average Bonchev–Trinajstić information content (AvgIpc) is 2.44. The molecular weight excluding hydrogens is 301 g/mol. The van der Waals surface area contributed by atoms with Crippen molar-refractivity contribution in [1.29, 1.82) is 0 Å². The summed E-state index contributed by atoms with van der Waals surface area (Å²) < 4.78 is 42.1. The van der Waals surface area contributed by atoms with E-state index in [-0.39, 0.29) is 13.2 Å². The second-order valence-electron chi connectivity index (χ2n) is 4.80. The van der Waals surface area contributed by atoms with Crippen molar-refractivity contribution in [1.82, 2.24) is 10.6 Å². The Morgan fingerprint density at radius 2 is 1.91 bits per heavy atom. The fourth-order valence-corrected chi connectivity index (χ4v) is 1.75. The third kappa shape index (κ3) is 5.90. The largest absolute Gasteiger partial charge is 0.416 e. The van der Waals surface area contributed by atoms with Gasteiger partial charge in [0.15, 0.2) is 0 Å². The lowest BCUT2D eigenvalue weighted by Crippen LogP contribution is -2.41. The van der Waals surface area contributed by atoms with Crippen LogP contribution in [0, 0.1) is 0 Å². The Bertz CT molecular complexity index is 477. The predicted octanol–water partition coefficient (Wildman–Crippen LogP) is 2.07. The maximum atomic E-state index is 12.5. The molecule has 2 amide bonds. The molecule has 0 heterocycles. The highest BCUT2D eigenvalue weighted by Crippen LogP contribution is 2.29. The summed E-state index contributed by atoms with van der Waals surface area (Å²) in [7, 11) is 1.43. The molecule has 5 nitrogen and oxygen atoms in total. The minimum Gasteiger partial charge on any atom is -0.389 e. The van der Waals surface area contributed by atoms with Crippen molar-refractivity contribution < 1.29 is 27.8 Å². The average molecular weight is 320 g/mol. The number of methoxy groups -OCH3 is 1. The lowest BCUT2D eigenvalue weighted by Gasteiger charge is -2.17. The summed E-state index contributed by atoms with van der Waals surface area (Å²) in [5, 5.41) is 14.4. The molecule has 0 saturated carbocycles. The summed E-state index contributed by atoms with van der Waals surface area (Å²) >= 11 is 0. The molecule has 0 radical (unpaired) electrons. The van der Waals surface area contributed by atoms with Crippen LogP contribution in [0.5, 0.6) is 0 Å². The molecule has 2 unspecified atom stereocenters. The molecular formula is C14H19F3N2O3. The number of nitrogens with one attached hydrogen (secondary N) is 2. The number of benzene rings is 1. The lowest BCUT2D eigenvalue weighted by molar-refractivity contribution is -0.137. The molecule has 22 heavy (non-hydrogen) atoms. The van der Waals surface area contributed by atoms with E-state index in [0.29, 0.717) is 5.56 Å². The molecule has 8 heteroatoms. The van der Waals surface area contributed by atoms with Gasteiger partial charge < -0.3 is 20.5 Å². The number of urea groups is 1. The van der Waals surface area contributed by atoms with Gasteiger partial charge in [0.1, 0.15) is 0 Å². The number of hydrogen-bond donors (Lipinski definition) is 3. The van der Waals surface area contributed by atoms with Crippen LogP contribution in [0.1, 0.15) is 24.1 Å². The number of hydrogen-bond acceptors (Lipinski definition) is 3. The van der Waals surface area contributed by atoms with E-state index in [1.807, 2.05) is 0 Å². The molecule has 3 N–H and O–H groups in total. The van der Waals surface area contributed by atoms with Crippen molar-refractivity contribution in [2.75, 3.05) is 20.3 Å². The van der Waals surface area contributed by atoms with Gasteiger partial charge in [-0.25, -0.2) is 4.79 Å². The topological polar surface area (TPSA) is 70.6 Å². The Balaban J connectivity index is 2.51. The van der Waals surface area contributed by atoms with Gasteiger partial charge in [-0.15, -0.1) is 0 Å². The first kappa shape index (κ1) is 18.2. The molecule has 0 aliphatic heterocycles. The predicted molar refractivity (Wildman–Crippen MR) is 74.3 cm³/mol. The Hall–Kier alpha value is -1.80. The normalized spacial score (nSPS) is 14.3. The first-order valence-electron chi connectivity index (χ1n) is 6.62. The molecule has 0 fully saturated rings. The maximum Gasteiger partial charge on any atom is 0.416 e. The maximum absolute atomic E-state index is 12.5. The number of rotatable bonds is 6. The Labute approximate surface area is 126 Å². The van der Waals surface area contributed by atoms with Gasteiger partial charge in [0, 0.05) is 13.7 Å². The van der Waals surface area contributed by atoms with Gasteiger partial charge in [0.2, 0.25) is 0 Å². The van der Waals surface area contributed by atoms with Crippen LogP contribution in [0.25, 0.3) is 0 Å². The van der Waals surface area contributed by atoms with Crippen molar-refractivity contribution in [3.8, 4) is 0 Å². The van der Waals surface area contributed by atoms with Crippen LogP contribution in [-0.2, 0) is 10.9 Å². The monoisotopic (exact) mass is 320 g/mol. The molecule has 0 aliphatic rings. The van der Waals surface area contributed by atoms with Crippen LogP contribution in [-0.4, -0.2) is 37.5 Å². The second-order valence-corrected chi connectivity index (χ2v) is 4.80. The number of aliphatic hydroxyl groups is 1. The molecule has 0 bridgehead atoms. The molecule has 0 spiro atoms. The van der Waals surface area contributed by atoms with Crippen molar-refractivity contribution in [2.24, 2.45) is 0 Å². The number of carbonyl (C=O) groups excluding carboxylic acids is 1. The van der Waals surface area contributed by atoms with Gasteiger partial charge in [0.05, 0.1) is 24.3 Å². The van der Waals surface area contributed by atoms with Gasteiger partial charge in [-0.1, -0.05) is 12.1 Å². The first-order chi connectivity index (χ1) is 10.2. The standard InChI is InChI=1S/C14H19F3N2O3/c1-9(19-13(21)18-7-12(20)8-22-2)10-3-5-11(6-4-10)14(15,16)17/h3-6,9,12,20H,7-8H2,1-2H3,(H2,18,19,21). The van der Waals surface area contributed by atoms with Crippen molar-refractivity contribution in [2.45, 2.75) is 25.2 Å². The van der Waals surface area contributed by atoms with E-state index in [4.69, 9.17) is 4.74 Å². The molecule has 0 aliphatic carbocycles. The minimum absolute atomic E-state index is 0.0133. The molecule has 2 atom stereocenters. The third-order valence-corrected chi connectivity index (χ3v) is 2.94. The number of aliphatic hydroxyl groups excluding tert-OH is 1. The van der Waals surface area contributed by atoms with Crippen LogP contribution >= 0.6 is 0 Å². The SMILES string of the molecule is COCC(O)CNC(=O)NC(C)c1ccc(C(F)(F)F)cc1. The molecule has 0 saturated heterocycles. The summed E-state index contributed by atoms with van der Waals surface area (Å²) in [5.41, 5.74) is -0.198. The second kappa shape index (κ2) is 8.00. The highest BCUT2D eigenvalue weighted by molar-refractivity contribution is 5.74. The number of alkyl halides is 3. The van der Waals surface area contributed by atoms with Gasteiger partial charge in [-0.3, -0.25) is 0 Å². The van der Waals surface area contributed by atoms with Crippen LogP contribution in [0.4, 0.5) is 18.0 Å². The van der Waals surface area contributed by atoms with E-state index in [0.717, 1.165) is 12.1 Å². The van der Waals surface area contributed by atoms with E-state index < -0.39 is 29.9 Å². The molecule has 124 valence electrons. The minimum atomic E-state index is -4.38. The van der Waals surface area contributed by atoms with E-state index in [2.05, 4.69) is 10.6 Å². The Morgan fingerprint density at radius 1 is 1.32 bits per heavy atom. The molecule has 0 aromatic heterocycles. The van der Waals surface area contributed by atoms with E-state index in [1.54, 1.807) is 6.92 Å². The highest BCUT2D eigenvalue weighted by atomic mass is 19.4. The number of amides is 2. The van der Waals surface area contributed by atoms with Crippen LogP contribution in [0.2, 0.25) is 0 Å². The van der Waals surface area contributed by atoms with E-state index in [9.17, 15) is 23.1 Å². The smallest absolute Gasteiger partial charge is 0.389 e. The quantitative estimate of drug-likeness (QED) is 0.751. The van der Waals surface area contributed by atoms with Crippen LogP contribution in [0.3, 0.4) is 0 Å². The summed E-state index contributed by atoms with van der Waals surface area (Å²) in [6, 6.07) is 3.56. The summed E-state index contributed by atoms with van der Waals surface area (Å²) in [4.78, 5) is 11.6. The Morgan fingerprint density at radius 3 is 2.41 bits per heavy atom. The van der Waals surface area contributed by atoms with E-state index in [1.165, 1.54) is 19.2 Å². The number of carbonyl (C=O) groups is 1. The fraction of sp³-hybridized carbons (Fsp3) is 0.500. The molecule has 1 aromatic carbocycles. The van der Waals surface area contributed by atoms with Crippen LogP contribution < -0.4 is 10.6 Å². The van der Waals surface area contributed by atoms with Crippen LogP contribution in [0.15, 0.2) is 24.3 Å². The van der Waals surface area contributed by atoms with E-state index >= 15 is 0 Å². The first-order valence-corrected chi connectivity index (χ1v) is 6.62. The van der Waals surface area contributed by atoms with Gasteiger partial charge in [0.25, 0.3) is 0 Å². The zero-order valence-corrected chi connectivity index (χ0v) is 12.3. The fourth-order valence-electron chi connectivity index (χ4n) is 1.75. The molecule has 1 aromatic rings. The number of ether oxygens (including phenoxy) is 1. The summed E-state index contributed by atoms with van der Waals surface area (Å²) in [6.07, 6.45) is -5.21. The van der Waals surface area contributed by atoms with Crippen molar-refractivity contribution in [3.63, 3.8) is 0 Å². The van der Waals surface area contributed by atoms with Gasteiger partial charge in [-0.05, 0) is 24.6 Å². The third-order valence-electron chi connectivity index (χ3n) is 2.94. The van der Waals surface area contributed by atoms with Gasteiger partial charge >= 0.3 is 12.2 Å². The summed E-state index contributed by atoms with van der Waals surface area (Å²) in [6.45, 7) is 1.75. The zero-order valence-electron chi connectivity index (χ0n) is 12.3. The Kier molecular flexibility index (Phi) is 6.63. The van der Waals surface area contributed by atoms with Gasteiger partial charge in [-0.2, -0.15) is 13.2 Å². The zero-order chi connectivity index (χ0) is 16.8.